The van der Waals surface area contributed by atoms with Crippen LogP contribution in [-0.2, 0) is 16.1 Å². The average Bonchev–Trinajstić information content (AvgIpc) is 3.50. The number of carbonyl (C=O) groups excluding carboxylic acids is 1. The highest BCUT2D eigenvalue weighted by molar-refractivity contribution is 7.99. The normalized spacial score (nSPS) is 12.1. The first-order valence-corrected chi connectivity index (χ1v) is 10.7. The van der Waals surface area contributed by atoms with E-state index in [0.717, 1.165) is 16.8 Å². The number of rotatable bonds is 8. The quantitative estimate of drug-likeness (QED) is 0.135. The van der Waals surface area contributed by atoms with Crippen molar-refractivity contribution in [2.75, 3.05) is 12.9 Å². The Hall–Kier alpha value is -3.79. The van der Waals surface area contributed by atoms with Crippen LogP contribution in [-0.4, -0.2) is 48.7 Å². The van der Waals surface area contributed by atoms with Gasteiger partial charge in [0.15, 0.2) is 11.0 Å². The van der Waals surface area contributed by atoms with Crippen LogP contribution < -0.4 is 0 Å². The van der Waals surface area contributed by atoms with Gasteiger partial charge in [-0.3, -0.25) is 4.57 Å². The minimum Gasteiger partial charge on any atom is -0.510 e. The number of thioether (sulfide) groups is 1. The highest BCUT2D eigenvalue weighted by atomic mass is 32.2. The number of carbonyl (C=O) groups is 1. The number of aromatic nitrogens is 5. The molecule has 164 valence electrons. The number of nitrogens with one attached hydrogen (secondary N) is 1. The number of aliphatic hydroxyl groups is 1. The first kappa shape index (κ1) is 21.4. The van der Waals surface area contributed by atoms with Crippen LogP contribution in [0.1, 0.15) is 11.6 Å². The molecule has 1 aromatic carbocycles. The van der Waals surface area contributed by atoms with Crippen molar-refractivity contribution in [1.29, 1.82) is 0 Å². The summed E-state index contributed by atoms with van der Waals surface area (Å²) in [5.41, 5.74) is 2.21. The molecular weight excluding hydrogens is 430 g/mol. The number of furan rings is 1. The first-order chi connectivity index (χ1) is 15.5. The van der Waals surface area contributed by atoms with E-state index in [9.17, 15) is 9.90 Å². The van der Waals surface area contributed by atoms with Gasteiger partial charge >= 0.3 is 5.97 Å². The molecule has 32 heavy (non-hydrogen) atoms. The molecule has 0 aliphatic carbocycles. The van der Waals surface area contributed by atoms with Gasteiger partial charge in [-0.05, 0) is 25.1 Å². The number of hydrogen-bond acceptors (Lipinski definition) is 8. The van der Waals surface area contributed by atoms with E-state index in [1.807, 2.05) is 41.8 Å². The number of nitrogens with zero attached hydrogens (tertiary/aromatic N) is 4. The van der Waals surface area contributed by atoms with Gasteiger partial charge in [-0.15, -0.1) is 16.8 Å². The van der Waals surface area contributed by atoms with Gasteiger partial charge in [0.1, 0.15) is 22.9 Å². The van der Waals surface area contributed by atoms with E-state index >= 15 is 0 Å². The minimum absolute atomic E-state index is 0.0307. The van der Waals surface area contributed by atoms with Gasteiger partial charge < -0.3 is 19.2 Å². The van der Waals surface area contributed by atoms with Crippen LogP contribution in [0.4, 0.5) is 0 Å². The van der Waals surface area contributed by atoms with Crippen LogP contribution in [0.2, 0.25) is 0 Å². The Balaban J connectivity index is 1.66. The van der Waals surface area contributed by atoms with Gasteiger partial charge in [0.25, 0.3) is 0 Å². The van der Waals surface area contributed by atoms with Crippen molar-refractivity contribution in [2.45, 2.75) is 18.6 Å². The summed E-state index contributed by atoms with van der Waals surface area (Å²) in [5.74, 6) is 0.770. The smallest absolute Gasteiger partial charge is 0.345 e. The standard InChI is InChI=1S/C22H21N5O4S/c1-4-10-27-20(14-9-11-31-13(14)2)25-26-22(27)32-12-17(28)18(21(29)30-3)19-23-15-7-5-6-8-16(15)24-19/h4-9,11,28H,1,10,12H2,2-3H3,(H,23,24)/b18-17+. The van der Waals surface area contributed by atoms with Crippen molar-refractivity contribution in [3.8, 4) is 11.4 Å². The lowest BCUT2D eigenvalue weighted by atomic mass is 10.2. The summed E-state index contributed by atoms with van der Waals surface area (Å²) in [6, 6.07) is 9.17. The molecule has 0 atom stereocenters. The van der Waals surface area contributed by atoms with E-state index in [0.29, 0.717) is 23.0 Å². The number of methoxy groups -OCH3 is 1. The number of aliphatic hydroxyl groups excluding tert-OH is 1. The summed E-state index contributed by atoms with van der Waals surface area (Å²) in [5, 5.41) is 19.9. The van der Waals surface area contributed by atoms with Crippen molar-refractivity contribution in [2.24, 2.45) is 0 Å². The van der Waals surface area contributed by atoms with Crippen molar-refractivity contribution in [3.05, 3.63) is 66.6 Å². The van der Waals surface area contributed by atoms with E-state index in [2.05, 4.69) is 26.7 Å². The van der Waals surface area contributed by atoms with Gasteiger partial charge in [0.2, 0.25) is 0 Å². The number of para-hydroxylation sites is 2. The Labute approximate surface area is 187 Å². The molecule has 0 saturated heterocycles. The number of H-pyrrole nitrogens is 1. The summed E-state index contributed by atoms with van der Waals surface area (Å²) >= 11 is 1.23. The Morgan fingerprint density at radius 2 is 2.16 bits per heavy atom. The summed E-state index contributed by atoms with van der Waals surface area (Å²) < 4.78 is 12.1. The summed E-state index contributed by atoms with van der Waals surface area (Å²) in [6.45, 7) is 6.11. The molecule has 0 aliphatic heterocycles. The van der Waals surface area contributed by atoms with Crippen molar-refractivity contribution in [1.82, 2.24) is 24.7 Å². The Kier molecular flexibility index (Phi) is 6.13. The summed E-state index contributed by atoms with van der Waals surface area (Å²) in [6.07, 6.45) is 3.32. The van der Waals surface area contributed by atoms with E-state index in [-0.39, 0.29) is 22.9 Å². The molecule has 3 aromatic heterocycles. The lowest BCUT2D eigenvalue weighted by Crippen LogP contribution is -2.10. The molecule has 0 fully saturated rings. The zero-order valence-corrected chi connectivity index (χ0v) is 18.3. The highest BCUT2D eigenvalue weighted by Crippen LogP contribution is 2.29. The molecule has 4 aromatic rings. The maximum absolute atomic E-state index is 12.4. The molecule has 0 bridgehead atoms. The SMILES string of the molecule is C=CCn1c(SC/C(O)=C(\C(=O)OC)c2nc3ccccc3[nH]2)nnc1-c1ccoc1C. The van der Waals surface area contributed by atoms with Gasteiger partial charge in [-0.25, -0.2) is 9.78 Å². The molecule has 0 radical (unpaired) electrons. The van der Waals surface area contributed by atoms with Crippen molar-refractivity contribution in [3.63, 3.8) is 0 Å². The van der Waals surface area contributed by atoms with E-state index in [4.69, 9.17) is 9.15 Å². The highest BCUT2D eigenvalue weighted by Gasteiger charge is 2.23. The number of aromatic amines is 1. The van der Waals surface area contributed by atoms with Gasteiger partial charge in [0, 0.05) is 6.54 Å². The fourth-order valence-electron chi connectivity index (χ4n) is 3.23. The minimum atomic E-state index is -0.690. The third-order valence-electron chi connectivity index (χ3n) is 4.77. The Bertz CT molecular complexity index is 1280. The summed E-state index contributed by atoms with van der Waals surface area (Å²) in [7, 11) is 1.26. The van der Waals surface area contributed by atoms with Gasteiger partial charge in [0.05, 0.1) is 35.7 Å². The number of ether oxygens (including phenoxy) is 1. The number of fused-ring (bicyclic) bond motifs is 1. The van der Waals surface area contributed by atoms with Crippen LogP contribution in [0, 0.1) is 6.92 Å². The average molecular weight is 452 g/mol. The lowest BCUT2D eigenvalue weighted by Gasteiger charge is -2.09. The monoisotopic (exact) mass is 451 g/mol. The maximum Gasteiger partial charge on any atom is 0.345 e. The zero-order valence-electron chi connectivity index (χ0n) is 17.5. The first-order valence-electron chi connectivity index (χ1n) is 9.70. The molecule has 0 amide bonds. The fraction of sp³-hybridized carbons (Fsp3) is 0.182. The van der Waals surface area contributed by atoms with Gasteiger partial charge in [-0.1, -0.05) is 30.0 Å². The molecule has 2 N–H and O–H groups in total. The number of hydrogen-bond donors (Lipinski definition) is 2. The number of allylic oxidation sites excluding steroid dienone is 1. The third kappa shape index (κ3) is 4.04. The fourth-order valence-corrected chi connectivity index (χ4v) is 4.06. The van der Waals surface area contributed by atoms with Crippen LogP contribution in [0.3, 0.4) is 0 Å². The molecule has 0 aliphatic rings. The largest absolute Gasteiger partial charge is 0.510 e. The molecule has 10 heteroatoms. The molecule has 3 heterocycles. The molecular formula is C22H21N5O4S. The third-order valence-corrected chi connectivity index (χ3v) is 5.75. The zero-order chi connectivity index (χ0) is 22.7. The molecule has 0 spiro atoms. The molecule has 4 rings (SSSR count). The van der Waals surface area contributed by atoms with E-state index in [1.165, 1.54) is 18.9 Å². The number of esters is 1. The predicted molar refractivity (Wildman–Crippen MR) is 121 cm³/mol. The second-order valence-electron chi connectivity index (χ2n) is 6.80. The lowest BCUT2D eigenvalue weighted by molar-refractivity contribution is -0.133. The Morgan fingerprint density at radius 3 is 2.84 bits per heavy atom. The number of benzene rings is 1. The van der Waals surface area contributed by atoms with Crippen molar-refractivity contribution >= 4 is 34.3 Å². The molecule has 0 unspecified atom stereocenters. The predicted octanol–water partition coefficient (Wildman–Crippen LogP) is 4.14. The second-order valence-corrected chi connectivity index (χ2v) is 7.74. The maximum atomic E-state index is 12.4. The van der Waals surface area contributed by atoms with Crippen LogP contribution in [0.25, 0.3) is 28.0 Å². The topological polar surface area (TPSA) is 119 Å². The van der Waals surface area contributed by atoms with Crippen LogP contribution in [0.15, 0.2) is 64.6 Å². The number of aryl methyl sites for hydroxylation is 1. The Morgan fingerprint density at radius 1 is 1.34 bits per heavy atom. The van der Waals surface area contributed by atoms with Crippen LogP contribution in [0.5, 0.6) is 0 Å². The molecule has 9 nitrogen and oxygen atoms in total. The van der Waals surface area contributed by atoms with E-state index in [1.54, 1.807) is 12.3 Å². The van der Waals surface area contributed by atoms with Crippen molar-refractivity contribution < 1.29 is 19.1 Å². The van der Waals surface area contributed by atoms with Gasteiger partial charge in [-0.2, -0.15) is 0 Å². The molecule has 0 saturated carbocycles. The summed E-state index contributed by atoms with van der Waals surface area (Å²) in [4.78, 5) is 19.9. The van der Waals surface area contributed by atoms with E-state index < -0.39 is 5.97 Å². The van der Waals surface area contributed by atoms with Crippen LogP contribution >= 0.6 is 11.8 Å². The second kappa shape index (κ2) is 9.15. The number of imidazole rings is 1.